The lowest BCUT2D eigenvalue weighted by atomic mass is 10.1. The van der Waals surface area contributed by atoms with Gasteiger partial charge in [0.1, 0.15) is 5.69 Å². The summed E-state index contributed by atoms with van der Waals surface area (Å²) in [6, 6.07) is 2.45. The van der Waals surface area contributed by atoms with E-state index < -0.39 is 0 Å². The normalized spacial score (nSPS) is 16.0. The molecule has 0 atom stereocenters. The summed E-state index contributed by atoms with van der Waals surface area (Å²) in [5, 5.41) is 4.53. The quantitative estimate of drug-likeness (QED) is 0.710. The van der Waals surface area contributed by atoms with E-state index in [1.165, 1.54) is 12.8 Å². The summed E-state index contributed by atoms with van der Waals surface area (Å²) < 4.78 is 1.93. The van der Waals surface area contributed by atoms with Crippen LogP contribution in [0.15, 0.2) is 6.07 Å². The van der Waals surface area contributed by atoms with E-state index in [0.717, 1.165) is 17.8 Å². The highest BCUT2D eigenvalue weighted by atomic mass is 16.1. The van der Waals surface area contributed by atoms with Crippen LogP contribution in [-0.2, 0) is 6.42 Å². The molecule has 0 radical (unpaired) electrons. The van der Waals surface area contributed by atoms with E-state index in [2.05, 4.69) is 18.9 Å². The molecular formula is C12H18N2O. The van der Waals surface area contributed by atoms with Gasteiger partial charge in [-0.1, -0.05) is 13.8 Å². The summed E-state index contributed by atoms with van der Waals surface area (Å²) in [5.41, 5.74) is 1.84. The second-order valence-corrected chi connectivity index (χ2v) is 4.85. The van der Waals surface area contributed by atoms with E-state index in [0.29, 0.717) is 12.0 Å². The van der Waals surface area contributed by atoms with Gasteiger partial charge in [0.25, 0.3) is 0 Å². The van der Waals surface area contributed by atoms with Gasteiger partial charge in [0.15, 0.2) is 5.78 Å². The van der Waals surface area contributed by atoms with Gasteiger partial charge in [-0.2, -0.15) is 5.10 Å². The zero-order valence-corrected chi connectivity index (χ0v) is 9.66. The summed E-state index contributed by atoms with van der Waals surface area (Å²) in [6.07, 6.45) is 3.30. The molecule has 1 aromatic heterocycles. The summed E-state index contributed by atoms with van der Waals surface area (Å²) in [7, 11) is 0. The van der Waals surface area contributed by atoms with Crippen LogP contribution in [0.2, 0.25) is 0 Å². The van der Waals surface area contributed by atoms with E-state index in [4.69, 9.17) is 0 Å². The summed E-state index contributed by atoms with van der Waals surface area (Å²) >= 11 is 0. The van der Waals surface area contributed by atoms with Gasteiger partial charge >= 0.3 is 0 Å². The van der Waals surface area contributed by atoms with Crippen molar-refractivity contribution in [3.05, 3.63) is 17.5 Å². The van der Waals surface area contributed by atoms with Gasteiger partial charge in [0.2, 0.25) is 0 Å². The fourth-order valence-electron chi connectivity index (χ4n) is 1.82. The Morgan fingerprint density at radius 1 is 1.60 bits per heavy atom. The zero-order chi connectivity index (χ0) is 11.0. The van der Waals surface area contributed by atoms with Crippen LogP contribution in [0, 0.1) is 5.92 Å². The molecule has 0 bridgehead atoms. The maximum atomic E-state index is 11.4. The lowest BCUT2D eigenvalue weighted by molar-refractivity contribution is 0.100. The number of ketones is 1. The number of aromatic nitrogens is 2. The second-order valence-electron chi connectivity index (χ2n) is 4.85. The topological polar surface area (TPSA) is 34.9 Å². The monoisotopic (exact) mass is 206 g/mol. The van der Waals surface area contributed by atoms with Gasteiger partial charge in [0, 0.05) is 6.92 Å². The van der Waals surface area contributed by atoms with Crippen LogP contribution < -0.4 is 0 Å². The number of hydrogen-bond donors (Lipinski definition) is 0. The number of carbonyl (C=O) groups is 1. The Labute approximate surface area is 90.5 Å². The van der Waals surface area contributed by atoms with Crippen molar-refractivity contribution in [1.29, 1.82) is 0 Å². The van der Waals surface area contributed by atoms with Crippen LogP contribution in [-0.4, -0.2) is 15.6 Å². The van der Waals surface area contributed by atoms with Gasteiger partial charge in [-0.25, -0.2) is 0 Å². The maximum Gasteiger partial charge on any atom is 0.177 e. The molecule has 0 aliphatic heterocycles. The molecular weight excluding hydrogens is 188 g/mol. The molecule has 0 saturated heterocycles. The number of Topliss-reactive ketones (excluding diaryl/α,β-unsaturated/α-hetero) is 1. The largest absolute Gasteiger partial charge is 0.293 e. The number of hydrogen-bond acceptors (Lipinski definition) is 2. The Hall–Kier alpha value is -1.12. The third kappa shape index (κ3) is 2.28. The maximum absolute atomic E-state index is 11.4. The number of carbonyl (C=O) groups excluding carboxylic acids is 1. The van der Waals surface area contributed by atoms with Crippen LogP contribution in [0.25, 0.3) is 0 Å². The van der Waals surface area contributed by atoms with Gasteiger partial charge in [-0.15, -0.1) is 0 Å². The van der Waals surface area contributed by atoms with E-state index in [9.17, 15) is 4.79 Å². The van der Waals surface area contributed by atoms with Crippen molar-refractivity contribution in [2.75, 3.05) is 0 Å². The van der Waals surface area contributed by atoms with Crippen molar-refractivity contribution in [3.63, 3.8) is 0 Å². The van der Waals surface area contributed by atoms with Gasteiger partial charge < -0.3 is 0 Å². The fourth-order valence-corrected chi connectivity index (χ4v) is 1.82. The van der Waals surface area contributed by atoms with E-state index in [1.54, 1.807) is 6.92 Å². The molecule has 82 valence electrons. The first-order chi connectivity index (χ1) is 7.08. The van der Waals surface area contributed by atoms with Crippen LogP contribution in [0.5, 0.6) is 0 Å². The molecule has 15 heavy (non-hydrogen) atoms. The molecule has 3 heteroatoms. The zero-order valence-electron chi connectivity index (χ0n) is 9.66. The number of rotatable bonds is 4. The minimum atomic E-state index is 0.129. The lowest BCUT2D eigenvalue weighted by Crippen LogP contribution is -2.06. The van der Waals surface area contributed by atoms with E-state index in [1.807, 2.05) is 10.7 Å². The van der Waals surface area contributed by atoms with Crippen LogP contribution in [0.1, 0.15) is 55.8 Å². The van der Waals surface area contributed by atoms with Crippen molar-refractivity contribution in [3.8, 4) is 0 Å². The smallest absolute Gasteiger partial charge is 0.177 e. The Bertz CT molecular complexity index is 375. The summed E-state index contributed by atoms with van der Waals surface area (Å²) in [5.74, 6) is 0.719. The van der Waals surface area contributed by atoms with Crippen molar-refractivity contribution < 1.29 is 4.79 Å². The second kappa shape index (κ2) is 3.80. The molecule has 1 heterocycles. The van der Waals surface area contributed by atoms with Crippen LogP contribution in [0.4, 0.5) is 0 Å². The van der Waals surface area contributed by atoms with Crippen LogP contribution >= 0.6 is 0 Å². The molecule has 0 amide bonds. The Morgan fingerprint density at radius 2 is 2.27 bits per heavy atom. The SMILES string of the molecule is CC(=O)c1cc(CC(C)C)nn1C1CC1. The average Bonchev–Trinajstić information content (AvgIpc) is 2.87. The first kappa shape index (κ1) is 10.4. The van der Waals surface area contributed by atoms with Crippen molar-refractivity contribution in [2.45, 2.75) is 46.1 Å². The molecule has 1 aliphatic rings. The van der Waals surface area contributed by atoms with Crippen molar-refractivity contribution in [1.82, 2.24) is 9.78 Å². The first-order valence-corrected chi connectivity index (χ1v) is 5.67. The van der Waals surface area contributed by atoms with Gasteiger partial charge in [0.05, 0.1) is 11.7 Å². The third-order valence-corrected chi connectivity index (χ3v) is 2.66. The summed E-state index contributed by atoms with van der Waals surface area (Å²) in [6.45, 7) is 5.96. The molecule has 1 fully saturated rings. The highest BCUT2D eigenvalue weighted by Crippen LogP contribution is 2.35. The lowest BCUT2D eigenvalue weighted by Gasteiger charge is -2.01. The van der Waals surface area contributed by atoms with Crippen molar-refractivity contribution in [2.24, 2.45) is 5.92 Å². The number of nitrogens with zero attached hydrogens (tertiary/aromatic N) is 2. The predicted molar refractivity (Wildman–Crippen MR) is 59.0 cm³/mol. The van der Waals surface area contributed by atoms with Crippen LogP contribution in [0.3, 0.4) is 0 Å². The molecule has 0 spiro atoms. The minimum Gasteiger partial charge on any atom is -0.293 e. The molecule has 1 aliphatic carbocycles. The molecule has 3 nitrogen and oxygen atoms in total. The van der Waals surface area contributed by atoms with E-state index >= 15 is 0 Å². The average molecular weight is 206 g/mol. The van der Waals surface area contributed by atoms with Gasteiger partial charge in [-0.3, -0.25) is 9.48 Å². The Kier molecular flexibility index (Phi) is 2.63. The molecule has 1 aromatic rings. The Morgan fingerprint density at radius 3 is 2.73 bits per heavy atom. The minimum absolute atomic E-state index is 0.129. The fraction of sp³-hybridized carbons (Fsp3) is 0.667. The predicted octanol–water partition coefficient (Wildman–Crippen LogP) is 2.62. The van der Waals surface area contributed by atoms with Gasteiger partial charge in [-0.05, 0) is 31.2 Å². The molecule has 0 aromatic carbocycles. The highest BCUT2D eigenvalue weighted by Gasteiger charge is 2.28. The molecule has 2 rings (SSSR count). The summed E-state index contributed by atoms with van der Waals surface area (Å²) in [4.78, 5) is 11.4. The third-order valence-electron chi connectivity index (χ3n) is 2.66. The Balaban J connectivity index is 2.27. The highest BCUT2D eigenvalue weighted by molar-refractivity contribution is 5.92. The molecule has 0 unspecified atom stereocenters. The molecule has 1 saturated carbocycles. The molecule has 0 N–H and O–H groups in total. The first-order valence-electron chi connectivity index (χ1n) is 5.67. The van der Waals surface area contributed by atoms with E-state index in [-0.39, 0.29) is 5.78 Å². The van der Waals surface area contributed by atoms with Crippen molar-refractivity contribution >= 4 is 5.78 Å². The standard InChI is InChI=1S/C12H18N2O/c1-8(2)6-10-7-12(9(3)15)14(13-10)11-4-5-11/h7-8,11H,4-6H2,1-3H3.